The average Bonchev–Trinajstić information content (AvgIpc) is 3.08. The topological polar surface area (TPSA) is 61.8 Å². The third kappa shape index (κ3) is 2.87. The highest BCUT2D eigenvalue weighted by atomic mass is 16.8. The highest BCUT2D eigenvalue weighted by Gasteiger charge is 2.75. The molecule has 5 heteroatoms. The van der Waals surface area contributed by atoms with Gasteiger partial charge in [0.1, 0.15) is 6.10 Å². The van der Waals surface area contributed by atoms with Crippen molar-refractivity contribution in [2.45, 2.75) is 117 Å². The van der Waals surface area contributed by atoms with Crippen molar-refractivity contribution in [2.24, 2.45) is 34.5 Å². The largest absolute Gasteiger partial charge is 0.463 e. The van der Waals surface area contributed by atoms with Crippen LogP contribution in [0, 0.1) is 34.5 Å². The highest BCUT2D eigenvalue weighted by Crippen LogP contribution is 2.71. The van der Waals surface area contributed by atoms with Gasteiger partial charge < -0.3 is 14.2 Å². The minimum absolute atomic E-state index is 0.0943. The number of ketones is 1. The lowest BCUT2D eigenvalue weighted by Crippen LogP contribution is -2.60. The average molecular weight is 433 g/mol. The lowest BCUT2D eigenvalue weighted by atomic mass is 9.44. The third-order valence-electron chi connectivity index (χ3n) is 10.5. The molecule has 0 spiro atoms. The Balaban J connectivity index is 1.43. The summed E-state index contributed by atoms with van der Waals surface area (Å²) in [5.41, 5.74) is -0.642. The van der Waals surface area contributed by atoms with E-state index in [4.69, 9.17) is 14.2 Å². The molecule has 0 aromatic rings. The fourth-order valence-corrected chi connectivity index (χ4v) is 9.31. The molecule has 174 valence electrons. The Morgan fingerprint density at radius 3 is 2.32 bits per heavy atom. The second kappa shape index (κ2) is 6.79. The van der Waals surface area contributed by atoms with Crippen LogP contribution in [-0.2, 0) is 23.8 Å². The van der Waals surface area contributed by atoms with Crippen LogP contribution in [0.5, 0.6) is 0 Å². The Kier molecular flexibility index (Phi) is 4.79. The molecule has 0 N–H and O–H groups in total. The molecule has 0 aromatic heterocycles. The van der Waals surface area contributed by atoms with Gasteiger partial charge in [0.05, 0.1) is 6.10 Å². The molecule has 1 saturated heterocycles. The number of fused-ring (bicyclic) bond motifs is 7. The Morgan fingerprint density at radius 1 is 0.903 bits per heavy atom. The number of rotatable bonds is 2. The molecular weight excluding hydrogens is 392 g/mol. The van der Waals surface area contributed by atoms with Gasteiger partial charge in [0.2, 0.25) is 0 Å². The quantitative estimate of drug-likeness (QED) is 0.572. The summed E-state index contributed by atoms with van der Waals surface area (Å²) in [6, 6.07) is 0. The number of hydrogen-bond acceptors (Lipinski definition) is 5. The number of ether oxygens (including phenoxy) is 3. The Morgan fingerprint density at radius 2 is 1.65 bits per heavy atom. The Hall–Kier alpha value is -0.940. The van der Waals surface area contributed by atoms with Crippen LogP contribution in [0.25, 0.3) is 0 Å². The van der Waals surface area contributed by atoms with Crippen molar-refractivity contribution in [3.63, 3.8) is 0 Å². The molecule has 5 fully saturated rings. The zero-order valence-corrected chi connectivity index (χ0v) is 20.2. The van der Waals surface area contributed by atoms with Crippen LogP contribution >= 0.6 is 0 Å². The van der Waals surface area contributed by atoms with E-state index >= 15 is 0 Å². The number of esters is 1. The molecular formula is C26H40O5. The first kappa shape index (κ1) is 21.9. The second-order valence-electron chi connectivity index (χ2n) is 12.3. The van der Waals surface area contributed by atoms with E-state index in [9.17, 15) is 9.59 Å². The van der Waals surface area contributed by atoms with Gasteiger partial charge in [0.15, 0.2) is 17.2 Å². The molecule has 0 aromatic carbocycles. The Bertz CT molecular complexity index is 791. The van der Waals surface area contributed by atoms with Gasteiger partial charge in [0, 0.05) is 12.3 Å². The first-order valence-electron chi connectivity index (χ1n) is 12.5. The zero-order chi connectivity index (χ0) is 22.4. The van der Waals surface area contributed by atoms with Crippen LogP contribution in [0.15, 0.2) is 0 Å². The second-order valence-corrected chi connectivity index (χ2v) is 12.3. The molecule has 5 aliphatic rings. The standard InChI is InChI=1S/C26H40O5/c1-15(27)26-22(30-23(3,4)31-26)14-21-19-8-7-17-13-18(29-16(2)28)9-11-24(17,5)20(19)10-12-25(21,26)6/h17-22H,7-14H2,1-6H3/t17-,18-,19-,20+,21+,22-,24-,25-,26-/m0/s1. The minimum Gasteiger partial charge on any atom is -0.463 e. The summed E-state index contributed by atoms with van der Waals surface area (Å²) in [6.45, 7) is 12.0. The molecule has 31 heavy (non-hydrogen) atoms. The summed E-state index contributed by atoms with van der Waals surface area (Å²) in [7, 11) is 0. The van der Waals surface area contributed by atoms with Crippen molar-refractivity contribution >= 4 is 11.8 Å². The molecule has 4 saturated carbocycles. The van der Waals surface area contributed by atoms with E-state index in [2.05, 4.69) is 13.8 Å². The van der Waals surface area contributed by atoms with E-state index in [1.165, 1.54) is 19.8 Å². The summed E-state index contributed by atoms with van der Waals surface area (Å²) in [5, 5.41) is 0. The summed E-state index contributed by atoms with van der Waals surface area (Å²) in [4.78, 5) is 24.6. The molecule has 0 bridgehead atoms. The molecule has 1 heterocycles. The monoisotopic (exact) mass is 432 g/mol. The van der Waals surface area contributed by atoms with Crippen molar-refractivity contribution < 1.29 is 23.8 Å². The summed E-state index contributed by atoms with van der Waals surface area (Å²) in [6.07, 6.45) is 8.66. The van der Waals surface area contributed by atoms with Crippen LogP contribution in [0.2, 0.25) is 0 Å². The van der Waals surface area contributed by atoms with Crippen LogP contribution in [0.1, 0.15) is 92.9 Å². The molecule has 1 aliphatic heterocycles. The summed E-state index contributed by atoms with van der Waals surface area (Å²) < 4.78 is 18.5. The van der Waals surface area contributed by atoms with Gasteiger partial charge in [-0.1, -0.05) is 13.8 Å². The lowest BCUT2D eigenvalue weighted by molar-refractivity contribution is -0.219. The van der Waals surface area contributed by atoms with Gasteiger partial charge in [-0.2, -0.15) is 0 Å². The van der Waals surface area contributed by atoms with Gasteiger partial charge in [-0.25, -0.2) is 0 Å². The lowest BCUT2D eigenvalue weighted by Gasteiger charge is -2.61. The first-order chi connectivity index (χ1) is 14.4. The number of Topliss-reactive ketones (excluding diaryl/α,β-unsaturated/α-hetero) is 1. The van der Waals surface area contributed by atoms with Gasteiger partial charge in [-0.15, -0.1) is 0 Å². The number of hydrogen-bond donors (Lipinski definition) is 0. The molecule has 0 amide bonds. The maximum atomic E-state index is 13.1. The van der Waals surface area contributed by atoms with Crippen LogP contribution in [0.4, 0.5) is 0 Å². The van der Waals surface area contributed by atoms with E-state index in [0.29, 0.717) is 29.1 Å². The van der Waals surface area contributed by atoms with Gasteiger partial charge in [-0.05, 0) is 101 Å². The normalized spacial score (nSPS) is 52.5. The first-order valence-corrected chi connectivity index (χ1v) is 12.5. The SMILES string of the molecule is CC(=O)O[C@H]1CC[C@@]2(C)[C@@H](CC[C@H]3[C@H]2CC[C@@]2(C)[C@@H]3C[C@@H]3OC(C)(C)O[C@@]32C(C)=O)C1. The van der Waals surface area contributed by atoms with Crippen LogP contribution in [-0.4, -0.2) is 35.3 Å². The predicted molar refractivity (Wildman–Crippen MR) is 116 cm³/mol. The van der Waals surface area contributed by atoms with Gasteiger partial charge >= 0.3 is 5.97 Å². The molecule has 5 nitrogen and oxygen atoms in total. The third-order valence-corrected chi connectivity index (χ3v) is 10.5. The van der Waals surface area contributed by atoms with Crippen molar-refractivity contribution in [1.29, 1.82) is 0 Å². The highest BCUT2D eigenvalue weighted by molar-refractivity contribution is 5.88. The molecule has 5 rings (SSSR count). The van der Waals surface area contributed by atoms with Crippen molar-refractivity contribution in [3.8, 4) is 0 Å². The number of carbonyl (C=O) groups excluding carboxylic acids is 2. The zero-order valence-electron chi connectivity index (χ0n) is 20.2. The predicted octanol–water partition coefficient (Wildman–Crippen LogP) is 5.05. The minimum atomic E-state index is -0.795. The van der Waals surface area contributed by atoms with Crippen molar-refractivity contribution in [3.05, 3.63) is 0 Å². The summed E-state index contributed by atoms with van der Waals surface area (Å²) in [5.74, 6) is 1.71. The fourth-order valence-electron chi connectivity index (χ4n) is 9.31. The maximum Gasteiger partial charge on any atom is 0.302 e. The smallest absolute Gasteiger partial charge is 0.302 e. The van der Waals surface area contributed by atoms with Crippen molar-refractivity contribution in [2.75, 3.05) is 0 Å². The Labute approximate surface area is 186 Å². The van der Waals surface area contributed by atoms with Gasteiger partial charge in [0.25, 0.3) is 0 Å². The molecule has 9 atom stereocenters. The van der Waals surface area contributed by atoms with E-state index in [-0.39, 0.29) is 29.4 Å². The maximum absolute atomic E-state index is 13.1. The van der Waals surface area contributed by atoms with Crippen LogP contribution < -0.4 is 0 Å². The van der Waals surface area contributed by atoms with Crippen molar-refractivity contribution in [1.82, 2.24) is 0 Å². The molecule has 0 unspecified atom stereocenters. The van der Waals surface area contributed by atoms with E-state index in [1.807, 2.05) is 13.8 Å². The van der Waals surface area contributed by atoms with E-state index < -0.39 is 11.4 Å². The van der Waals surface area contributed by atoms with Gasteiger partial charge in [-0.3, -0.25) is 9.59 Å². The number of carbonyl (C=O) groups is 2. The summed E-state index contributed by atoms with van der Waals surface area (Å²) >= 11 is 0. The molecule has 0 radical (unpaired) electrons. The fraction of sp³-hybridized carbons (Fsp3) is 0.923. The van der Waals surface area contributed by atoms with Crippen LogP contribution in [0.3, 0.4) is 0 Å². The molecule has 4 aliphatic carbocycles. The van der Waals surface area contributed by atoms with E-state index in [0.717, 1.165) is 38.5 Å². The van der Waals surface area contributed by atoms with E-state index in [1.54, 1.807) is 6.92 Å².